The summed E-state index contributed by atoms with van der Waals surface area (Å²) in [6.45, 7) is 0.770. The van der Waals surface area contributed by atoms with Crippen LogP contribution in [0.2, 0.25) is 0 Å². The third-order valence-electron chi connectivity index (χ3n) is 1.59. The number of hydrogen-bond acceptors (Lipinski definition) is 1. The van der Waals surface area contributed by atoms with Crippen molar-refractivity contribution in [3.05, 3.63) is 29.3 Å². The molecule has 1 aromatic carbocycles. The standard InChI is InChI=1S/C8H7IO/c9-4-6-1-7-3-8(2-6)10-5-7/h1-3H,4-5H2. The molecule has 0 amide bonds. The summed E-state index contributed by atoms with van der Waals surface area (Å²) in [5.74, 6) is 1.03. The van der Waals surface area contributed by atoms with E-state index >= 15 is 0 Å². The molecule has 0 unspecified atom stereocenters. The van der Waals surface area contributed by atoms with Crippen LogP contribution in [-0.2, 0) is 11.0 Å². The zero-order valence-electron chi connectivity index (χ0n) is 5.43. The Kier molecular flexibility index (Phi) is 1.56. The topological polar surface area (TPSA) is 9.23 Å². The maximum Gasteiger partial charge on any atom is 0.120 e. The van der Waals surface area contributed by atoms with E-state index in [-0.39, 0.29) is 0 Å². The largest absolute Gasteiger partial charge is 0.489 e. The van der Waals surface area contributed by atoms with E-state index in [9.17, 15) is 0 Å². The number of rotatable bonds is 1. The summed E-state index contributed by atoms with van der Waals surface area (Å²) in [6.07, 6.45) is 0. The fourth-order valence-electron chi connectivity index (χ4n) is 1.14. The highest BCUT2D eigenvalue weighted by atomic mass is 127. The van der Waals surface area contributed by atoms with E-state index in [1.807, 2.05) is 0 Å². The van der Waals surface area contributed by atoms with Crippen LogP contribution < -0.4 is 4.74 Å². The van der Waals surface area contributed by atoms with Gasteiger partial charge in [-0.15, -0.1) is 0 Å². The Morgan fingerprint density at radius 3 is 3.00 bits per heavy atom. The molecule has 1 aromatic rings. The number of ether oxygens (including phenoxy) is 1. The summed E-state index contributed by atoms with van der Waals surface area (Å²) in [4.78, 5) is 0. The van der Waals surface area contributed by atoms with Gasteiger partial charge >= 0.3 is 0 Å². The summed E-state index contributed by atoms with van der Waals surface area (Å²) in [5, 5.41) is 0. The Morgan fingerprint density at radius 2 is 2.30 bits per heavy atom. The van der Waals surface area contributed by atoms with Crippen molar-refractivity contribution >= 4 is 22.6 Å². The predicted molar refractivity (Wildman–Crippen MR) is 48.5 cm³/mol. The van der Waals surface area contributed by atoms with Gasteiger partial charge in [0.2, 0.25) is 0 Å². The van der Waals surface area contributed by atoms with Crippen molar-refractivity contribution in [1.29, 1.82) is 0 Å². The lowest BCUT2D eigenvalue weighted by Gasteiger charge is -1.93. The van der Waals surface area contributed by atoms with E-state index in [0.717, 1.165) is 16.8 Å². The maximum atomic E-state index is 5.32. The highest BCUT2D eigenvalue weighted by Gasteiger charge is 2.07. The molecule has 0 fully saturated rings. The second-order valence-corrected chi connectivity index (χ2v) is 3.17. The van der Waals surface area contributed by atoms with Crippen LogP contribution in [0.15, 0.2) is 18.2 Å². The Balaban J connectivity index is 2.48. The van der Waals surface area contributed by atoms with E-state index in [1.54, 1.807) is 0 Å². The molecule has 1 aliphatic rings. The van der Waals surface area contributed by atoms with Gasteiger partial charge in [-0.1, -0.05) is 28.7 Å². The molecular formula is C8H7IO. The number of hydrogen-bond donors (Lipinski definition) is 0. The summed E-state index contributed by atoms with van der Waals surface area (Å²) in [6, 6.07) is 6.39. The summed E-state index contributed by atoms with van der Waals surface area (Å²) >= 11 is 2.36. The Morgan fingerprint density at radius 1 is 1.40 bits per heavy atom. The molecule has 52 valence electrons. The van der Waals surface area contributed by atoms with Crippen molar-refractivity contribution in [1.82, 2.24) is 0 Å². The molecule has 0 aromatic heterocycles. The van der Waals surface area contributed by atoms with Crippen LogP contribution in [0, 0.1) is 0 Å². The van der Waals surface area contributed by atoms with Gasteiger partial charge in [-0.3, -0.25) is 0 Å². The first-order valence-electron chi connectivity index (χ1n) is 3.20. The first-order chi connectivity index (χ1) is 4.88. The molecule has 0 spiro atoms. The molecule has 1 aliphatic heterocycles. The molecule has 2 rings (SSSR count). The van der Waals surface area contributed by atoms with Gasteiger partial charge in [0, 0.05) is 4.43 Å². The fourth-order valence-corrected chi connectivity index (χ4v) is 1.58. The van der Waals surface area contributed by atoms with Crippen LogP contribution in [0.3, 0.4) is 0 Å². The van der Waals surface area contributed by atoms with Gasteiger partial charge < -0.3 is 4.74 Å². The van der Waals surface area contributed by atoms with Gasteiger partial charge in [-0.05, 0) is 23.3 Å². The van der Waals surface area contributed by atoms with Crippen molar-refractivity contribution in [2.75, 3.05) is 0 Å². The lowest BCUT2D eigenvalue weighted by molar-refractivity contribution is 0.327. The molecule has 0 saturated heterocycles. The first kappa shape index (κ1) is 6.46. The van der Waals surface area contributed by atoms with Crippen molar-refractivity contribution < 1.29 is 4.74 Å². The number of alkyl halides is 1. The van der Waals surface area contributed by atoms with E-state index in [2.05, 4.69) is 40.8 Å². The quantitative estimate of drug-likeness (QED) is 0.546. The summed E-state index contributed by atoms with van der Waals surface area (Å²) in [7, 11) is 0. The molecule has 0 atom stereocenters. The van der Waals surface area contributed by atoms with Crippen molar-refractivity contribution in [2.45, 2.75) is 11.0 Å². The number of fused-ring (bicyclic) bond motifs is 2. The first-order valence-corrected chi connectivity index (χ1v) is 4.72. The third kappa shape index (κ3) is 1.00. The smallest absolute Gasteiger partial charge is 0.120 e. The Labute approximate surface area is 73.5 Å². The molecule has 1 heterocycles. The minimum atomic E-state index is 0.770. The predicted octanol–water partition coefficient (Wildman–Crippen LogP) is 2.51. The summed E-state index contributed by atoms with van der Waals surface area (Å²) in [5.41, 5.74) is 2.68. The van der Waals surface area contributed by atoms with Gasteiger partial charge in [0.05, 0.1) is 0 Å². The lowest BCUT2D eigenvalue weighted by atomic mass is 10.2. The van der Waals surface area contributed by atoms with Crippen LogP contribution in [-0.4, -0.2) is 0 Å². The van der Waals surface area contributed by atoms with Crippen LogP contribution in [0.4, 0.5) is 0 Å². The van der Waals surface area contributed by atoms with Crippen LogP contribution in [0.5, 0.6) is 5.75 Å². The SMILES string of the molecule is ICc1cc2cc(c1)OC2. The van der Waals surface area contributed by atoms with Gasteiger partial charge in [-0.25, -0.2) is 0 Å². The van der Waals surface area contributed by atoms with Gasteiger partial charge in [0.1, 0.15) is 12.4 Å². The van der Waals surface area contributed by atoms with E-state index in [4.69, 9.17) is 4.74 Å². The molecule has 2 heteroatoms. The minimum absolute atomic E-state index is 0.770. The molecule has 0 N–H and O–H groups in total. The van der Waals surface area contributed by atoms with Crippen LogP contribution >= 0.6 is 22.6 Å². The normalized spacial score (nSPS) is 13.3. The van der Waals surface area contributed by atoms with E-state index in [0.29, 0.717) is 0 Å². The maximum absolute atomic E-state index is 5.32. The Hall–Kier alpha value is -0.250. The number of halogens is 1. The molecule has 0 radical (unpaired) electrons. The Bertz CT molecular complexity index is 235. The highest BCUT2D eigenvalue weighted by Crippen LogP contribution is 2.25. The summed E-state index contributed by atoms with van der Waals surface area (Å²) < 4.78 is 6.39. The van der Waals surface area contributed by atoms with E-state index in [1.165, 1.54) is 11.1 Å². The molecule has 0 saturated carbocycles. The highest BCUT2D eigenvalue weighted by molar-refractivity contribution is 14.1. The fraction of sp³-hybridized carbons (Fsp3) is 0.250. The average Bonchev–Trinajstić information content (AvgIpc) is 2.30. The average molecular weight is 246 g/mol. The molecule has 10 heavy (non-hydrogen) atoms. The van der Waals surface area contributed by atoms with E-state index < -0.39 is 0 Å². The minimum Gasteiger partial charge on any atom is -0.489 e. The second-order valence-electron chi connectivity index (χ2n) is 2.41. The van der Waals surface area contributed by atoms with Crippen LogP contribution in [0.1, 0.15) is 11.1 Å². The zero-order chi connectivity index (χ0) is 6.97. The van der Waals surface area contributed by atoms with Crippen molar-refractivity contribution in [3.8, 4) is 5.75 Å². The van der Waals surface area contributed by atoms with Gasteiger partial charge in [-0.2, -0.15) is 0 Å². The lowest BCUT2D eigenvalue weighted by Crippen LogP contribution is -1.81. The van der Waals surface area contributed by atoms with Gasteiger partial charge in [0.25, 0.3) is 0 Å². The number of benzene rings is 1. The molecule has 0 aliphatic carbocycles. The molecular weight excluding hydrogens is 239 g/mol. The zero-order valence-corrected chi connectivity index (χ0v) is 7.59. The van der Waals surface area contributed by atoms with Crippen molar-refractivity contribution in [2.24, 2.45) is 0 Å². The monoisotopic (exact) mass is 246 g/mol. The molecule has 2 bridgehead atoms. The second kappa shape index (κ2) is 2.42. The van der Waals surface area contributed by atoms with Gasteiger partial charge in [0.15, 0.2) is 0 Å². The van der Waals surface area contributed by atoms with Crippen LogP contribution in [0.25, 0.3) is 0 Å². The molecule has 1 nitrogen and oxygen atoms in total. The van der Waals surface area contributed by atoms with Crippen molar-refractivity contribution in [3.63, 3.8) is 0 Å². The third-order valence-corrected chi connectivity index (χ3v) is 2.47.